The minimum atomic E-state index is -1.02. The van der Waals surface area contributed by atoms with Crippen molar-refractivity contribution in [3.8, 4) is 0 Å². The minimum absolute atomic E-state index is 0.0403. The zero-order chi connectivity index (χ0) is 19.6. The van der Waals surface area contributed by atoms with Gasteiger partial charge >= 0.3 is 5.97 Å². The Labute approximate surface area is 161 Å². The molecule has 6 atom stereocenters. The molecule has 0 aromatic carbocycles. The van der Waals surface area contributed by atoms with Gasteiger partial charge in [-0.15, -0.1) is 0 Å². The average Bonchev–Trinajstić information content (AvgIpc) is 2.89. The molecule has 5 unspecified atom stereocenters. The molecule has 0 radical (unpaired) electrons. The molecule has 4 nitrogen and oxygen atoms in total. The molecule has 0 saturated heterocycles. The van der Waals surface area contributed by atoms with E-state index in [-0.39, 0.29) is 34.9 Å². The van der Waals surface area contributed by atoms with Crippen LogP contribution in [0.2, 0.25) is 0 Å². The summed E-state index contributed by atoms with van der Waals surface area (Å²) >= 11 is 0. The second-order valence-electron chi connectivity index (χ2n) is 9.44. The first-order valence-corrected chi connectivity index (χ1v) is 10.3. The van der Waals surface area contributed by atoms with E-state index in [2.05, 4.69) is 32.1 Å². The highest BCUT2D eigenvalue weighted by molar-refractivity contribution is 5.91. The number of rotatable bonds is 2. The number of ketones is 2. The Morgan fingerprint density at radius 2 is 1.81 bits per heavy atom. The van der Waals surface area contributed by atoms with Crippen molar-refractivity contribution in [3.63, 3.8) is 0 Å². The van der Waals surface area contributed by atoms with Gasteiger partial charge in [0.2, 0.25) is 0 Å². The summed E-state index contributed by atoms with van der Waals surface area (Å²) in [6, 6.07) is 0. The smallest absolute Gasteiger partial charge is 0.303 e. The largest absolute Gasteiger partial charge is 0.451 e. The Morgan fingerprint density at radius 1 is 1.11 bits per heavy atom. The number of allylic oxidation sites excluding steroid dienone is 4. The molecule has 4 aliphatic rings. The molecule has 4 rings (SSSR count). The molecular weight excluding hydrogens is 340 g/mol. The van der Waals surface area contributed by atoms with Crippen molar-refractivity contribution in [1.29, 1.82) is 0 Å². The monoisotopic (exact) mass is 370 g/mol. The van der Waals surface area contributed by atoms with Gasteiger partial charge in [-0.2, -0.15) is 0 Å². The Morgan fingerprint density at radius 3 is 2.48 bits per heavy atom. The average molecular weight is 370 g/mol. The zero-order valence-electron chi connectivity index (χ0n) is 16.8. The molecule has 4 heteroatoms. The Kier molecular flexibility index (Phi) is 4.07. The lowest BCUT2D eigenvalue weighted by Gasteiger charge is -2.56. The number of hydrogen-bond acceptors (Lipinski definition) is 4. The molecule has 0 heterocycles. The van der Waals surface area contributed by atoms with E-state index in [1.807, 2.05) is 0 Å². The van der Waals surface area contributed by atoms with Crippen molar-refractivity contribution in [3.05, 3.63) is 23.8 Å². The van der Waals surface area contributed by atoms with Gasteiger partial charge in [-0.25, -0.2) is 0 Å². The zero-order valence-corrected chi connectivity index (χ0v) is 16.8. The van der Waals surface area contributed by atoms with Crippen molar-refractivity contribution in [2.75, 3.05) is 0 Å². The summed E-state index contributed by atoms with van der Waals surface area (Å²) < 4.78 is 5.77. The summed E-state index contributed by atoms with van der Waals surface area (Å²) in [4.78, 5) is 37.5. The van der Waals surface area contributed by atoms with Crippen molar-refractivity contribution in [2.24, 2.45) is 28.6 Å². The highest BCUT2D eigenvalue weighted by Crippen LogP contribution is 2.66. The number of carbonyl (C=O) groups excluding carboxylic acids is 3. The first kappa shape index (κ1) is 18.6. The number of esters is 1. The van der Waals surface area contributed by atoms with Crippen LogP contribution in [0.15, 0.2) is 23.8 Å². The fourth-order valence-corrected chi connectivity index (χ4v) is 7.07. The van der Waals surface area contributed by atoms with E-state index in [1.165, 1.54) is 12.5 Å². The molecule has 146 valence electrons. The third-order valence-electron chi connectivity index (χ3n) is 8.49. The van der Waals surface area contributed by atoms with Gasteiger partial charge in [0.05, 0.1) is 5.41 Å². The van der Waals surface area contributed by atoms with Crippen molar-refractivity contribution >= 4 is 17.5 Å². The van der Waals surface area contributed by atoms with Gasteiger partial charge in [-0.3, -0.25) is 14.4 Å². The molecule has 0 bridgehead atoms. The second kappa shape index (κ2) is 5.89. The third kappa shape index (κ3) is 2.25. The van der Waals surface area contributed by atoms with Gasteiger partial charge in [0.15, 0.2) is 11.4 Å². The van der Waals surface area contributed by atoms with Crippen LogP contribution in [0.4, 0.5) is 0 Å². The summed E-state index contributed by atoms with van der Waals surface area (Å²) in [6.07, 6.45) is 11.3. The minimum Gasteiger partial charge on any atom is -0.451 e. The molecule has 0 aliphatic heterocycles. The molecule has 2 fully saturated rings. The van der Waals surface area contributed by atoms with E-state index in [0.29, 0.717) is 18.6 Å². The van der Waals surface area contributed by atoms with Crippen LogP contribution < -0.4 is 0 Å². The molecule has 0 aromatic rings. The predicted octanol–water partition coefficient (Wildman–Crippen LogP) is 4.19. The normalized spacial score (nSPS) is 45.4. The fraction of sp³-hybridized carbons (Fsp3) is 0.696. The van der Waals surface area contributed by atoms with E-state index >= 15 is 0 Å². The van der Waals surface area contributed by atoms with E-state index in [4.69, 9.17) is 4.74 Å². The summed E-state index contributed by atoms with van der Waals surface area (Å²) in [5, 5.41) is 0. The number of Topliss-reactive ketones (excluding diaryl/α,β-unsaturated/α-hetero) is 2. The molecular formula is C23H30O4. The molecule has 27 heavy (non-hydrogen) atoms. The Bertz CT molecular complexity index is 777. The number of hydrogen-bond donors (Lipinski definition) is 0. The standard InChI is InChI=1S/C23H30O4/c1-14(24)23(27-15(2)25)13-11-18-17-9-8-16-6-5-7-20(26)22(16,4)19(17)10-12-21(18,23)3/h6,8-9,17-19H,5,7,10-13H2,1-4H3/t17?,18?,19?,21?,22?,23-/m0/s1. The lowest BCUT2D eigenvalue weighted by Crippen LogP contribution is -2.58. The fourth-order valence-electron chi connectivity index (χ4n) is 7.07. The lowest BCUT2D eigenvalue weighted by molar-refractivity contribution is -0.185. The molecule has 2 saturated carbocycles. The third-order valence-corrected chi connectivity index (χ3v) is 8.49. The first-order valence-electron chi connectivity index (χ1n) is 10.3. The van der Waals surface area contributed by atoms with Gasteiger partial charge in [-0.05, 0) is 69.3 Å². The Hall–Kier alpha value is -1.71. The van der Waals surface area contributed by atoms with Gasteiger partial charge < -0.3 is 4.74 Å². The quantitative estimate of drug-likeness (QED) is 0.684. The van der Waals surface area contributed by atoms with Crippen LogP contribution in [0, 0.1) is 28.6 Å². The Balaban J connectivity index is 1.77. The summed E-state index contributed by atoms with van der Waals surface area (Å²) in [5.74, 6) is 0.724. The highest BCUT2D eigenvalue weighted by Gasteiger charge is 2.67. The van der Waals surface area contributed by atoms with Gasteiger partial charge in [0.25, 0.3) is 0 Å². The SMILES string of the molecule is CC(=O)O[C@]1(C(C)=O)CCC2C3C=CC4=CCCC(=O)C4(C)C3CCC21C. The van der Waals surface area contributed by atoms with Crippen LogP contribution in [0.5, 0.6) is 0 Å². The van der Waals surface area contributed by atoms with Gasteiger partial charge in [0, 0.05) is 18.8 Å². The maximum Gasteiger partial charge on any atom is 0.303 e. The second-order valence-corrected chi connectivity index (χ2v) is 9.44. The van der Waals surface area contributed by atoms with Crippen LogP contribution >= 0.6 is 0 Å². The van der Waals surface area contributed by atoms with E-state index in [0.717, 1.165) is 25.7 Å². The van der Waals surface area contributed by atoms with Gasteiger partial charge in [0.1, 0.15) is 5.78 Å². The summed E-state index contributed by atoms with van der Waals surface area (Å²) in [5.41, 5.74) is -0.609. The van der Waals surface area contributed by atoms with Crippen LogP contribution in [-0.4, -0.2) is 23.1 Å². The van der Waals surface area contributed by atoms with E-state index in [1.54, 1.807) is 6.92 Å². The molecule has 0 amide bonds. The highest BCUT2D eigenvalue weighted by atomic mass is 16.6. The summed E-state index contributed by atoms with van der Waals surface area (Å²) in [7, 11) is 0. The lowest BCUT2D eigenvalue weighted by atomic mass is 9.47. The van der Waals surface area contributed by atoms with E-state index < -0.39 is 11.0 Å². The van der Waals surface area contributed by atoms with Crippen LogP contribution in [0.25, 0.3) is 0 Å². The number of carbonyl (C=O) groups is 3. The maximum atomic E-state index is 13.0. The topological polar surface area (TPSA) is 60.4 Å². The molecule has 4 aliphatic carbocycles. The van der Waals surface area contributed by atoms with Crippen molar-refractivity contribution in [2.45, 2.75) is 71.8 Å². The predicted molar refractivity (Wildman–Crippen MR) is 102 cm³/mol. The van der Waals surface area contributed by atoms with Crippen LogP contribution in [0.3, 0.4) is 0 Å². The molecule has 0 spiro atoms. The van der Waals surface area contributed by atoms with Crippen LogP contribution in [0.1, 0.15) is 66.2 Å². The maximum absolute atomic E-state index is 13.0. The van der Waals surface area contributed by atoms with E-state index in [9.17, 15) is 14.4 Å². The number of fused-ring (bicyclic) bond motifs is 5. The number of ether oxygens (including phenoxy) is 1. The van der Waals surface area contributed by atoms with Crippen molar-refractivity contribution < 1.29 is 19.1 Å². The molecule has 0 N–H and O–H groups in total. The van der Waals surface area contributed by atoms with Gasteiger partial charge in [-0.1, -0.05) is 25.2 Å². The van der Waals surface area contributed by atoms with Crippen molar-refractivity contribution in [1.82, 2.24) is 0 Å². The first-order chi connectivity index (χ1) is 12.7. The van der Waals surface area contributed by atoms with Crippen LogP contribution in [-0.2, 0) is 19.1 Å². The summed E-state index contributed by atoms with van der Waals surface area (Å²) in [6.45, 7) is 7.22. The molecule has 0 aromatic heterocycles.